The summed E-state index contributed by atoms with van der Waals surface area (Å²) in [5, 5.41) is 27.5. The molecule has 0 fully saturated rings. The molecule has 0 aliphatic rings. The molecular weight excluding hydrogens is 1500 g/mol. The van der Waals surface area contributed by atoms with E-state index in [9.17, 15) is 0 Å². The highest BCUT2D eigenvalue weighted by Crippen LogP contribution is 2.51. The minimum Gasteiger partial charge on any atom is -0.454 e. The Hall–Kier alpha value is -14.6. The molecule has 0 radical (unpaired) electrons. The van der Waals surface area contributed by atoms with Crippen molar-refractivity contribution in [2.45, 2.75) is 39.3 Å². The number of furan rings is 1. The third-order valence-corrected chi connectivity index (χ3v) is 28.6. The van der Waals surface area contributed by atoms with Gasteiger partial charge in [0.25, 0.3) is 0 Å². The van der Waals surface area contributed by atoms with E-state index >= 15 is 0 Å². The first-order valence-corrected chi connectivity index (χ1v) is 49.0. The number of para-hydroxylation sites is 6. The van der Waals surface area contributed by atoms with Gasteiger partial charge in [-0.05, 0) is 242 Å². The van der Waals surface area contributed by atoms with Gasteiger partial charge in [-0.2, -0.15) is 0 Å². The van der Waals surface area contributed by atoms with E-state index in [-0.39, 0.29) is 0 Å². The van der Waals surface area contributed by atoms with Crippen molar-refractivity contribution in [2.75, 3.05) is 19.6 Å². The van der Waals surface area contributed by atoms with Crippen LogP contribution in [0.25, 0.3) is 130 Å². The Kier molecular flexibility index (Phi) is 18.6. The van der Waals surface area contributed by atoms with Crippen molar-refractivity contribution in [1.82, 2.24) is 0 Å². The molecule has 0 spiro atoms. The fourth-order valence-electron chi connectivity index (χ4n) is 18.5. The second kappa shape index (κ2) is 30.4. The summed E-state index contributed by atoms with van der Waals surface area (Å²) in [5.74, 6) is 0. The molecule has 21 aromatic carbocycles. The smallest absolute Gasteiger partial charge is 0.159 e. The van der Waals surface area contributed by atoms with Gasteiger partial charge in [0.2, 0.25) is 0 Å². The van der Waals surface area contributed by atoms with Gasteiger partial charge in [-0.1, -0.05) is 335 Å². The van der Waals surface area contributed by atoms with Crippen LogP contribution in [0.15, 0.2) is 429 Å². The summed E-state index contributed by atoms with van der Waals surface area (Å²) in [7, 11) is -2.88. The first kappa shape index (κ1) is 74.0. The number of nitrogens with zero attached hydrogens (tertiary/aromatic N) is 4. The van der Waals surface area contributed by atoms with Gasteiger partial charge in [0.15, 0.2) is 5.58 Å². The molecule has 0 N–H and O–H groups in total. The number of hydrogen-bond acceptors (Lipinski definition) is 5. The number of rotatable bonds is 15. The Bertz CT molecular complexity index is 7690. The van der Waals surface area contributed by atoms with Gasteiger partial charge in [0.05, 0.1) is 27.5 Å². The van der Waals surface area contributed by atoms with Crippen molar-refractivity contribution in [2.24, 2.45) is 0 Å². The van der Waals surface area contributed by atoms with Crippen LogP contribution < -0.4 is 30.0 Å². The second-order valence-corrected chi connectivity index (χ2v) is 44.1. The fourth-order valence-corrected chi connectivity index (χ4v) is 20.9. The molecule has 0 saturated carbocycles. The van der Waals surface area contributed by atoms with Crippen LogP contribution >= 0.6 is 0 Å². The monoisotopic (exact) mass is 1580 g/mol. The first-order valence-electron chi connectivity index (χ1n) is 42.0. The van der Waals surface area contributed by atoms with Gasteiger partial charge < -0.3 is 24.0 Å². The van der Waals surface area contributed by atoms with Gasteiger partial charge in [-0.15, -0.1) is 0 Å². The molecule has 7 heteroatoms. The second-order valence-electron chi connectivity index (χ2n) is 33.9. The lowest BCUT2D eigenvalue weighted by Crippen LogP contribution is -2.37. The molecule has 0 amide bonds. The molecule has 121 heavy (non-hydrogen) atoms. The van der Waals surface area contributed by atoms with Crippen LogP contribution in [-0.2, 0) is 0 Å². The molecular formula is C114H88N4OSi2. The van der Waals surface area contributed by atoms with E-state index in [2.05, 4.69) is 477 Å². The maximum absolute atomic E-state index is 6.76. The van der Waals surface area contributed by atoms with Gasteiger partial charge in [0, 0.05) is 73.2 Å². The summed E-state index contributed by atoms with van der Waals surface area (Å²) in [6, 6.07) is 155. The zero-order chi connectivity index (χ0) is 81.5. The zero-order valence-corrected chi connectivity index (χ0v) is 70.6. The van der Waals surface area contributed by atoms with E-state index in [1.54, 1.807) is 0 Å². The quantitative estimate of drug-likeness (QED) is 0.0753. The summed E-state index contributed by atoms with van der Waals surface area (Å²) in [6.07, 6.45) is 0. The maximum Gasteiger partial charge on any atom is 0.159 e. The Morgan fingerprint density at radius 2 is 0.512 bits per heavy atom. The third-order valence-electron chi connectivity index (χ3n) is 24.5. The highest BCUT2D eigenvalue weighted by atomic mass is 28.3. The molecule has 22 aromatic rings. The molecule has 1 aromatic heterocycles. The van der Waals surface area contributed by atoms with E-state index in [1.165, 1.54) is 113 Å². The van der Waals surface area contributed by atoms with E-state index in [4.69, 9.17) is 4.42 Å². The van der Waals surface area contributed by atoms with Gasteiger partial charge in [-0.25, -0.2) is 0 Å². The summed E-state index contributed by atoms with van der Waals surface area (Å²) in [6.45, 7) is 14.4. The molecule has 1 heterocycles. The number of anilines is 12. The largest absolute Gasteiger partial charge is 0.454 e. The standard InChI is InChI=1S/C61H46N2OSi.C53H42N2Si/c1-65(2,3)47-34-30-44(31-35-47)62(43-19-8-5-9-20-43)45-32-37-49-42(39-45)29-36-54-51-38-33-46(40-56(51)50-22-10-11-24-53(50)60(49)54)63(57-26-14-12-21-48(57)41-17-6-4-7-18-41)58-27-16-25-55-52-23-13-15-28-59(52)64-61(55)58;1-56(2,3)46-29-25-42(26-30-46)54(40-16-6-4-7-17-40)44-27-32-47-39(35-44)23-31-51-49-33-28-45(36-52(49)48-20-12-13-21-50(48)53(47)51)55(41-18-8-5-9-19-41)43-24-22-37-14-10-11-15-38(37)34-43/h4-40H,1-3H3;4-36H,1-3H3. The average Bonchev–Trinajstić information content (AvgIpc) is 1.09. The molecule has 0 saturated heterocycles. The van der Waals surface area contributed by atoms with Crippen LogP contribution in [0.4, 0.5) is 68.2 Å². The van der Waals surface area contributed by atoms with E-state index in [0.29, 0.717) is 0 Å². The molecule has 5 nitrogen and oxygen atoms in total. The van der Waals surface area contributed by atoms with Gasteiger partial charge >= 0.3 is 0 Å². The summed E-state index contributed by atoms with van der Waals surface area (Å²) in [4.78, 5) is 9.53. The van der Waals surface area contributed by atoms with Crippen molar-refractivity contribution < 1.29 is 4.42 Å². The van der Waals surface area contributed by atoms with Gasteiger partial charge in [0.1, 0.15) is 5.58 Å². The Morgan fingerprint density at radius 3 is 1.02 bits per heavy atom. The topological polar surface area (TPSA) is 26.1 Å². The number of fused-ring (bicyclic) bond motifs is 20. The lowest BCUT2D eigenvalue weighted by Gasteiger charge is -2.28. The Balaban J connectivity index is 0.000000151. The van der Waals surface area contributed by atoms with E-state index in [0.717, 1.165) is 95.6 Å². The third kappa shape index (κ3) is 13.5. The van der Waals surface area contributed by atoms with Crippen LogP contribution in [0.2, 0.25) is 39.3 Å². The highest BCUT2D eigenvalue weighted by molar-refractivity contribution is 6.89. The lowest BCUT2D eigenvalue weighted by atomic mass is 9.90. The van der Waals surface area contributed by atoms with Gasteiger partial charge in [-0.3, -0.25) is 0 Å². The molecule has 22 rings (SSSR count). The lowest BCUT2D eigenvalue weighted by molar-refractivity contribution is 0.669. The molecule has 0 aliphatic carbocycles. The average molecular weight is 1590 g/mol. The van der Waals surface area contributed by atoms with Crippen LogP contribution in [0.5, 0.6) is 0 Å². The molecule has 0 bridgehead atoms. The number of hydrogen-bond donors (Lipinski definition) is 0. The van der Waals surface area contributed by atoms with Crippen molar-refractivity contribution in [3.63, 3.8) is 0 Å². The summed E-state index contributed by atoms with van der Waals surface area (Å²) < 4.78 is 6.76. The van der Waals surface area contributed by atoms with Crippen molar-refractivity contribution in [3.05, 3.63) is 425 Å². The van der Waals surface area contributed by atoms with Crippen molar-refractivity contribution >= 4 is 214 Å². The van der Waals surface area contributed by atoms with Crippen LogP contribution in [0.3, 0.4) is 0 Å². The first-order chi connectivity index (χ1) is 59.3. The normalized spacial score (nSPS) is 11.9. The highest BCUT2D eigenvalue weighted by Gasteiger charge is 2.27. The molecule has 578 valence electrons. The van der Waals surface area contributed by atoms with Crippen LogP contribution in [-0.4, -0.2) is 16.1 Å². The van der Waals surface area contributed by atoms with E-state index in [1.807, 2.05) is 6.07 Å². The zero-order valence-electron chi connectivity index (χ0n) is 68.6. The van der Waals surface area contributed by atoms with Crippen molar-refractivity contribution in [3.8, 4) is 11.1 Å². The Labute approximate surface area is 707 Å². The summed E-state index contributed by atoms with van der Waals surface area (Å²) in [5.41, 5.74) is 17.5. The van der Waals surface area contributed by atoms with E-state index < -0.39 is 16.1 Å². The molecule has 0 atom stereocenters. The van der Waals surface area contributed by atoms with Crippen molar-refractivity contribution in [1.29, 1.82) is 0 Å². The predicted octanol–water partition coefficient (Wildman–Crippen LogP) is 32.3. The minimum absolute atomic E-state index is 0.861. The molecule has 0 unspecified atom stereocenters. The predicted molar refractivity (Wildman–Crippen MR) is 528 cm³/mol. The number of benzene rings is 21. The Morgan fingerprint density at radius 1 is 0.190 bits per heavy atom. The SMILES string of the molecule is C[Si](C)(C)c1ccc(N(c2ccccc2)c2ccc3c(ccc4c5ccc(N(c6ccccc6)c6ccc7ccccc7c6)cc5c5ccccc5c34)c2)cc1.C[Si](C)(C)c1ccc(N(c2ccccc2)c2ccc3c(ccc4c5ccc(N(c6ccccc6-c6ccccc6)c6cccc7c6oc6ccccc67)cc5c5ccccc5c34)c2)cc1. The maximum atomic E-state index is 6.76. The fraction of sp³-hybridized carbons (Fsp3) is 0.0526. The van der Waals surface area contributed by atoms with Crippen LogP contribution in [0.1, 0.15) is 0 Å². The minimum atomic E-state index is -1.45. The summed E-state index contributed by atoms with van der Waals surface area (Å²) >= 11 is 0. The molecule has 0 aliphatic heterocycles. The van der Waals surface area contributed by atoms with Crippen LogP contribution in [0, 0.1) is 0 Å².